The van der Waals surface area contributed by atoms with Gasteiger partial charge in [-0.1, -0.05) is 92.7 Å². The molecule has 0 saturated carbocycles. The summed E-state index contributed by atoms with van der Waals surface area (Å²) in [6, 6.07) is 0. The Hall–Kier alpha value is -2.25. The minimum absolute atomic E-state index is 0.168. The number of aliphatic hydroxyl groups excluding tert-OH is 4. The van der Waals surface area contributed by atoms with Crippen LogP contribution >= 0.6 is 0 Å². The molecular weight excluding hydrogens is 716 g/mol. The second-order valence-corrected chi connectivity index (χ2v) is 18.0. The van der Waals surface area contributed by atoms with E-state index >= 15 is 0 Å². The highest BCUT2D eigenvalue weighted by molar-refractivity contribution is 5.91. The minimum Gasteiger partial charge on any atom is -0.458 e. The highest BCUT2D eigenvalue weighted by Gasteiger charge is 2.56. The maximum atomic E-state index is 13.5. The second-order valence-electron chi connectivity index (χ2n) is 18.0. The summed E-state index contributed by atoms with van der Waals surface area (Å²) < 4.78 is 20.0. The predicted octanol–water partition coefficient (Wildman–Crippen LogP) is 5.88. The number of hydrogen-bond acceptors (Lipinski definition) is 11. The van der Waals surface area contributed by atoms with Crippen molar-refractivity contribution in [3.63, 3.8) is 0 Å². The van der Waals surface area contributed by atoms with Crippen molar-refractivity contribution in [1.82, 2.24) is 0 Å². The van der Waals surface area contributed by atoms with Gasteiger partial charge in [0, 0.05) is 48.0 Å². The van der Waals surface area contributed by atoms with E-state index in [4.69, 9.17) is 14.2 Å². The van der Waals surface area contributed by atoms with E-state index in [-0.39, 0.29) is 35.9 Å². The second kappa shape index (κ2) is 20.6. The van der Waals surface area contributed by atoms with Crippen molar-refractivity contribution in [1.29, 1.82) is 0 Å². The summed E-state index contributed by atoms with van der Waals surface area (Å²) in [5.74, 6) is -7.28. The molecule has 0 aromatic heterocycles. The molecule has 1 spiro atoms. The highest BCUT2D eigenvalue weighted by atomic mass is 16.7. The zero-order valence-corrected chi connectivity index (χ0v) is 35.8. The standard InChI is InChI=1S/C45H74O11/c1-12-34-17-15-13-14-16-27(4)42(51)44(11,53)43(52)32(9)40(50)31(8)39(49)30(7)38(48)26(3)18-21-37(47)54-41-29(6)35(20-19-34)55-45(33(41)10)23-22-25(2)36(56-45)24-28(5)46/h13-15,17-18,21,25-36,38,40-42,46,48,50-51,53H,12,16,19-20,22-24H2,1-11H3/b14-13+,17-15+,21-18+/t25-,26-,27+,28+,29+,30-,31-,32-,33-,34-,35-,36-,38+,40+,41+,42+,44+,45-/m1/s1. The molecule has 56 heavy (non-hydrogen) atoms. The fourth-order valence-corrected chi connectivity index (χ4v) is 9.01. The Labute approximate surface area is 336 Å². The molecular formula is C45H74O11. The SMILES string of the molecule is CC[C@@H]1/C=C/C=C/C[C@H](C)[C@H](O)[C@](C)(O)C(=O)[C@H](C)[C@@H](O)[C@H](C)C(=O)[C@H](C)[C@@H](O)[C@H](C)/C=C/C(=O)O[C@H]2[C@@H](C)[C@@H](CC1)O[C@@]1(CC[C@@H](C)[C@@H](C[C@H](C)O)O1)[C@@H]2C. The number of carbonyl (C=O) groups is 3. The Morgan fingerprint density at radius 1 is 0.839 bits per heavy atom. The van der Waals surface area contributed by atoms with Gasteiger partial charge in [-0.05, 0) is 70.1 Å². The van der Waals surface area contributed by atoms with E-state index in [2.05, 4.69) is 19.9 Å². The fraction of sp³-hybridized carbons (Fsp3) is 0.800. The van der Waals surface area contributed by atoms with E-state index in [1.54, 1.807) is 20.8 Å². The van der Waals surface area contributed by atoms with Crippen LogP contribution in [0.25, 0.3) is 0 Å². The smallest absolute Gasteiger partial charge is 0.330 e. The van der Waals surface area contributed by atoms with Gasteiger partial charge in [0.2, 0.25) is 0 Å². The van der Waals surface area contributed by atoms with Gasteiger partial charge in [-0.2, -0.15) is 0 Å². The van der Waals surface area contributed by atoms with Gasteiger partial charge in [-0.15, -0.1) is 0 Å². The van der Waals surface area contributed by atoms with Crippen molar-refractivity contribution in [3.05, 3.63) is 36.5 Å². The average Bonchev–Trinajstić information content (AvgIpc) is 3.16. The van der Waals surface area contributed by atoms with Crippen LogP contribution in [0.3, 0.4) is 0 Å². The molecule has 2 bridgehead atoms. The highest BCUT2D eigenvalue weighted by Crippen LogP contribution is 2.49. The van der Waals surface area contributed by atoms with Gasteiger partial charge in [0.15, 0.2) is 11.6 Å². The Bertz CT molecular complexity index is 1390. The Kier molecular flexibility index (Phi) is 17.7. The number of hydrogen-bond donors (Lipinski definition) is 5. The first-order valence-corrected chi connectivity index (χ1v) is 21.2. The molecule has 3 heterocycles. The molecule has 2 fully saturated rings. The van der Waals surface area contributed by atoms with Crippen LogP contribution in [0.4, 0.5) is 0 Å². The van der Waals surface area contributed by atoms with E-state index in [0.717, 1.165) is 19.3 Å². The van der Waals surface area contributed by atoms with E-state index in [0.29, 0.717) is 25.7 Å². The minimum atomic E-state index is -2.18. The first kappa shape index (κ1) is 48.1. The molecule has 320 valence electrons. The number of rotatable bonds is 3. The maximum Gasteiger partial charge on any atom is 0.330 e. The number of allylic oxidation sites excluding steroid dienone is 4. The van der Waals surface area contributed by atoms with Gasteiger partial charge in [0.1, 0.15) is 17.5 Å². The van der Waals surface area contributed by atoms with Crippen molar-refractivity contribution in [2.75, 3.05) is 0 Å². The zero-order valence-electron chi connectivity index (χ0n) is 35.8. The monoisotopic (exact) mass is 791 g/mol. The van der Waals surface area contributed by atoms with Crippen LogP contribution in [-0.2, 0) is 28.6 Å². The molecule has 3 aliphatic rings. The molecule has 2 saturated heterocycles. The molecule has 0 unspecified atom stereocenters. The Morgan fingerprint density at radius 2 is 1.48 bits per heavy atom. The lowest BCUT2D eigenvalue weighted by atomic mass is 9.74. The molecule has 0 aromatic rings. The van der Waals surface area contributed by atoms with Crippen LogP contribution in [0, 0.1) is 53.3 Å². The van der Waals surface area contributed by atoms with Gasteiger partial charge in [0.05, 0.1) is 36.6 Å². The lowest BCUT2D eigenvalue weighted by Gasteiger charge is -2.55. The number of ether oxygens (including phenoxy) is 3. The molecule has 0 amide bonds. The molecule has 11 nitrogen and oxygen atoms in total. The summed E-state index contributed by atoms with van der Waals surface area (Å²) in [6.07, 6.45) is 9.62. The topological polar surface area (TPSA) is 180 Å². The van der Waals surface area contributed by atoms with E-state index in [1.807, 2.05) is 32.1 Å². The molecule has 11 heteroatoms. The number of esters is 1. The van der Waals surface area contributed by atoms with Gasteiger partial charge in [-0.25, -0.2) is 4.79 Å². The van der Waals surface area contributed by atoms with Crippen LogP contribution in [0.15, 0.2) is 36.5 Å². The predicted molar refractivity (Wildman–Crippen MR) is 215 cm³/mol. The summed E-state index contributed by atoms with van der Waals surface area (Å²) in [4.78, 5) is 40.5. The number of aliphatic hydroxyl groups is 5. The van der Waals surface area contributed by atoms with Crippen LogP contribution in [0.1, 0.15) is 121 Å². The van der Waals surface area contributed by atoms with Crippen LogP contribution in [0.2, 0.25) is 0 Å². The van der Waals surface area contributed by atoms with Crippen molar-refractivity contribution >= 4 is 17.5 Å². The normalized spacial score (nSPS) is 46.8. The molecule has 3 aliphatic heterocycles. The van der Waals surface area contributed by atoms with Crippen LogP contribution < -0.4 is 0 Å². The van der Waals surface area contributed by atoms with Crippen LogP contribution in [0.5, 0.6) is 0 Å². The molecule has 0 aromatic carbocycles. The average molecular weight is 791 g/mol. The van der Waals surface area contributed by atoms with Crippen molar-refractivity contribution in [3.8, 4) is 0 Å². The third kappa shape index (κ3) is 11.5. The summed E-state index contributed by atoms with van der Waals surface area (Å²) >= 11 is 0. The lowest BCUT2D eigenvalue weighted by molar-refractivity contribution is -0.371. The summed E-state index contributed by atoms with van der Waals surface area (Å²) in [5, 5.41) is 55.0. The largest absolute Gasteiger partial charge is 0.458 e. The Balaban J connectivity index is 1.99. The Morgan fingerprint density at radius 3 is 2.11 bits per heavy atom. The summed E-state index contributed by atoms with van der Waals surface area (Å²) in [6.45, 7) is 19.1. The van der Waals surface area contributed by atoms with Gasteiger partial charge in [-0.3, -0.25) is 9.59 Å². The molecule has 5 N–H and O–H groups in total. The maximum absolute atomic E-state index is 13.5. The van der Waals surface area contributed by atoms with E-state index in [1.165, 1.54) is 39.8 Å². The van der Waals surface area contributed by atoms with E-state index < -0.39 is 89.0 Å². The third-order valence-electron chi connectivity index (χ3n) is 13.4. The van der Waals surface area contributed by atoms with Gasteiger partial charge in [0.25, 0.3) is 0 Å². The molecule has 0 radical (unpaired) electrons. The van der Waals surface area contributed by atoms with Gasteiger partial charge >= 0.3 is 5.97 Å². The van der Waals surface area contributed by atoms with Crippen molar-refractivity contribution in [2.24, 2.45) is 53.3 Å². The number of carbonyl (C=O) groups excluding carboxylic acids is 3. The zero-order chi connectivity index (χ0) is 42.3. The summed E-state index contributed by atoms with van der Waals surface area (Å²) in [7, 11) is 0. The quantitative estimate of drug-likeness (QED) is 0.216. The van der Waals surface area contributed by atoms with Crippen molar-refractivity contribution in [2.45, 2.75) is 175 Å². The number of Topliss-reactive ketones (excluding diaryl/α,β-unsaturated/α-hetero) is 2. The summed E-state index contributed by atoms with van der Waals surface area (Å²) in [5.41, 5.74) is -2.18. The number of ketones is 2. The first-order valence-electron chi connectivity index (χ1n) is 21.2. The van der Waals surface area contributed by atoms with Crippen molar-refractivity contribution < 1.29 is 54.1 Å². The molecule has 3 rings (SSSR count). The third-order valence-corrected chi connectivity index (χ3v) is 13.4. The number of fused-ring (bicyclic) bond motifs is 2. The lowest BCUT2D eigenvalue weighted by Crippen LogP contribution is -2.62. The fourth-order valence-electron chi connectivity index (χ4n) is 9.01. The molecule has 18 atom stereocenters. The van der Waals surface area contributed by atoms with Gasteiger partial charge < -0.3 is 39.7 Å². The van der Waals surface area contributed by atoms with Crippen LogP contribution in [-0.4, -0.2) is 97.2 Å². The van der Waals surface area contributed by atoms with E-state index in [9.17, 15) is 39.9 Å². The first-order chi connectivity index (χ1) is 26.1. The molecule has 0 aliphatic carbocycles.